The molecule has 4 aliphatic rings. The fourth-order valence-corrected chi connectivity index (χ4v) is 6.29. The van der Waals surface area contributed by atoms with Gasteiger partial charge in [-0.2, -0.15) is 0 Å². The minimum absolute atomic E-state index is 0.0741. The van der Waals surface area contributed by atoms with E-state index in [1.54, 1.807) is 7.11 Å². The third-order valence-corrected chi connectivity index (χ3v) is 8.53. The van der Waals surface area contributed by atoms with Crippen molar-refractivity contribution in [2.24, 2.45) is 23.0 Å². The molecule has 4 unspecified atom stereocenters. The van der Waals surface area contributed by atoms with E-state index in [1.807, 2.05) is 24.3 Å². The van der Waals surface area contributed by atoms with Crippen LogP contribution in [0.2, 0.25) is 0 Å². The van der Waals surface area contributed by atoms with Gasteiger partial charge in [0.1, 0.15) is 11.5 Å². The fraction of sp³-hybridized carbons (Fsp3) is 0.714. The van der Waals surface area contributed by atoms with Crippen LogP contribution in [0.1, 0.15) is 45.6 Å². The molecule has 1 heterocycles. The second-order valence-electron chi connectivity index (χ2n) is 8.87. The van der Waals surface area contributed by atoms with Crippen LogP contribution in [-0.2, 0) is 20.7 Å². The molecule has 1 aromatic rings. The third kappa shape index (κ3) is 2.89. The van der Waals surface area contributed by atoms with Crippen LogP contribution in [0, 0.1) is 17.3 Å². The molecule has 0 radical (unpaired) electrons. The first-order chi connectivity index (χ1) is 13.3. The largest absolute Gasteiger partial charge is 0.497 e. The summed E-state index contributed by atoms with van der Waals surface area (Å²) in [5.41, 5.74) is 6.83. The Balaban J connectivity index is 1.38. The highest BCUT2D eigenvalue weighted by molar-refractivity contribution is 9.10. The third-order valence-electron chi connectivity index (χ3n) is 7.84. The van der Waals surface area contributed by atoms with Gasteiger partial charge < -0.3 is 24.5 Å². The molecule has 28 heavy (non-hydrogen) atoms. The van der Waals surface area contributed by atoms with Gasteiger partial charge in [-0.25, -0.2) is 0 Å². The van der Waals surface area contributed by atoms with Crippen molar-refractivity contribution >= 4 is 23.0 Å². The monoisotopic (exact) mass is 451 g/mol. The predicted molar refractivity (Wildman–Crippen MR) is 113 cm³/mol. The van der Waals surface area contributed by atoms with Gasteiger partial charge in [0.25, 0.3) is 0 Å². The lowest BCUT2D eigenvalue weighted by atomic mass is 9.39. The summed E-state index contributed by atoms with van der Waals surface area (Å²) in [6.07, 6.45) is 3.13. The molecule has 154 valence electrons. The molecule has 3 saturated carbocycles. The Morgan fingerprint density at radius 3 is 2.61 bits per heavy atom. The number of ether oxygens (including phenoxy) is 2. The van der Waals surface area contributed by atoms with E-state index in [2.05, 4.69) is 36.7 Å². The van der Waals surface area contributed by atoms with Crippen molar-refractivity contribution in [3.63, 3.8) is 0 Å². The van der Waals surface area contributed by atoms with E-state index in [0.717, 1.165) is 24.2 Å². The van der Waals surface area contributed by atoms with Crippen LogP contribution in [0.25, 0.3) is 0 Å². The van der Waals surface area contributed by atoms with Gasteiger partial charge in [0.15, 0.2) is 0 Å². The molecule has 0 spiro atoms. The van der Waals surface area contributed by atoms with Crippen LogP contribution in [0.3, 0.4) is 0 Å². The molecule has 7 heteroatoms. The Kier molecular flexibility index (Phi) is 5.37. The summed E-state index contributed by atoms with van der Waals surface area (Å²) in [7, 11) is 1.26. The standard InChI is InChI=1S/C21H31BBrNO4/c1-5-20-10-16(14(20)2)11-21(24)19(20,3)27-22(28-21)18(23)13-26-12-15-6-8-17(25-4)9-7-15/h6-9,14,16,18H,5,10-13,24H2,1-4H3/t14?,16?,18-,19?,20?,21-/m1/s1. The Labute approximate surface area is 176 Å². The van der Waals surface area contributed by atoms with E-state index in [1.165, 1.54) is 6.42 Å². The number of methoxy groups -OCH3 is 1. The number of hydrogen-bond acceptors (Lipinski definition) is 5. The highest BCUT2D eigenvalue weighted by Gasteiger charge is 2.76. The zero-order valence-corrected chi connectivity index (χ0v) is 18.8. The minimum atomic E-state index is -0.717. The van der Waals surface area contributed by atoms with Gasteiger partial charge in [-0.3, -0.25) is 0 Å². The summed E-state index contributed by atoms with van der Waals surface area (Å²) in [5.74, 6) is 2.11. The average Bonchev–Trinajstić information content (AvgIpc) is 2.99. The Bertz CT molecular complexity index is 721. The number of halogens is 1. The first kappa shape index (κ1) is 20.7. The highest BCUT2D eigenvalue weighted by atomic mass is 79.9. The molecule has 0 aromatic heterocycles. The Morgan fingerprint density at radius 1 is 1.29 bits per heavy atom. The molecule has 0 amide bonds. The van der Waals surface area contributed by atoms with Crippen molar-refractivity contribution in [1.82, 2.24) is 0 Å². The Morgan fingerprint density at radius 2 is 2.00 bits per heavy atom. The number of nitrogens with two attached hydrogens (primary N) is 1. The zero-order valence-electron chi connectivity index (χ0n) is 17.2. The van der Waals surface area contributed by atoms with Crippen molar-refractivity contribution in [2.45, 2.75) is 62.7 Å². The van der Waals surface area contributed by atoms with E-state index >= 15 is 0 Å². The van der Waals surface area contributed by atoms with E-state index in [4.69, 9.17) is 24.5 Å². The molecular weight excluding hydrogens is 421 g/mol. The van der Waals surface area contributed by atoms with Crippen LogP contribution < -0.4 is 10.5 Å². The van der Waals surface area contributed by atoms with Crippen LogP contribution in [0.4, 0.5) is 0 Å². The van der Waals surface area contributed by atoms with E-state index in [-0.39, 0.29) is 10.1 Å². The van der Waals surface area contributed by atoms with Crippen LogP contribution in [0.15, 0.2) is 24.3 Å². The first-order valence-corrected chi connectivity index (χ1v) is 11.2. The molecule has 5 rings (SSSR count). The molecule has 1 saturated heterocycles. The molecule has 6 atom stereocenters. The number of rotatable bonds is 7. The van der Waals surface area contributed by atoms with Crippen molar-refractivity contribution in [3.8, 4) is 5.75 Å². The van der Waals surface area contributed by atoms with E-state index in [9.17, 15) is 0 Å². The summed E-state index contributed by atoms with van der Waals surface area (Å²) < 4.78 is 23.9. The summed E-state index contributed by atoms with van der Waals surface area (Å²) >= 11 is 3.72. The summed E-state index contributed by atoms with van der Waals surface area (Å²) in [5, 5.41) is 0. The van der Waals surface area contributed by atoms with E-state index in [0.29, 0.717) is 25.0 Å². The topological polar surface area (TPSA) is 62.9 Å². The molecule has 4 fully saturated rings. The first-order valence-electron chi connectivity index (χ1n) is 10.3. The van der Waals surface area contributed by atoms with Crippen LogP contribution in [0.5, 0.6) is 5.75 Å². The lowest BCUT2D eigenvalue weighted by Gasteiger charge is -2.70. The number of alkyl halides is 1. The Hall–Kier alpha value is -0.595. The normalized spacial score (nSPS) is 40.0. The maximum absolute atomic E-state index is 6.80. The zero-order chi connectivity index (χ0) is 20.2. The van der Waals surface area contributed by atoms with Gasteiger partial charge in [0.05, 0.1) is 30.7 Å². The van der Waals surface area contributed by atoms with Gasteiger partial charge in [0, 0.05) is 5.41 Å². The molecule has 1 aliphatic heterocycles. The van der Waals surface area contributed by atoms with Gasteiger partial charge in [0.2, 0.25) is 0 Å². The van der Waals surface area contributed by atoms with Crippen molar-refractivity contribution in [3.05, 3.63) is 29.8 Å². The maximum atomic E-state index is 6.80. The van der Waals surface area contributed by atoms with Crippen LogP contribution >= 0.6 is 15.9 Å². The number of hydrogen-bond donors (Lipinski definition) is 1. The van der Waals surface area contributed by atoms with Crippen LogP contribution in [-0.4, -0.2) is 36.9 Å². The minimum Gasteiger partial charge on any atom is -0.497 e. The molecule has 3 aliphatic carbocycles. The SMILES string of the molecule is CCC12CC(C[C@@]3(N)OB([C@H](Br)COCc4ccc(OC)cc4)OC13C)C2C. The van der Waals surface area contributed by atoms with Gasteiger partial charge in [-0.15, -0.1) is 0 Å². The van der Waals surface area contributed by atoms with Crippen molar-refractivity contribution < 1.29 is 18.8 Å². The second kappa shape index (κ2) is 7.27. The average molecular weight is 452 g/mol. The maximum Gasteiger partial charge on any atom is 0.475 e. The lowest BCUT2D eigenvalue weighted by molar-refractivity contribution is -0.266. The molecule has 5 nitrogen and oxygen atoms in total. The van der Waals surface area contributed by atoms with Gasteiger partial charge >= 0.3 is 7.12 Å². The summed E-state index contributed by atoms with van der Waals surface area (Å²) in [6, 6.07) is 7.90. The summed E-state index contributed by atoms with van der Waals surface area (Å²) in [4.78, 5) is 0. The quantitative estimate of drug-likeness (QED) is 0.502. The predicted octanol–water partition coefficient (Wildman–Crippen LogP) is 3.92. The van der Waals surface area contributed by atoms with Gasteiger partial charge in [-0.1, -0.05) is 41.9 Å². The van der Waals surface area contributed by atoms with Gasteiger partial charge in [-0.05, 0) is 55.7 Å². The molecule has 2 bridgehead atoms. The molecule has 1 aromatic carbocycles. The highest BCUT2D eigenvalue weighted by Crippen LogP contribution is 2.71. The fourth-order valence-electron chi connectivity index (χ4n) is 5.89. The van der Waals surface area contributed by atoms with Crippen molar-refractivity contribution in [1.29, 1.82) is 0 Å². The smallest absolute Gasteiger partial charge is 0.475 e. The van der Waals surface area contributed by atoms with Crippen molar-refractivity contribution in [2.75, 3.05) is 13.7 Å². The van der Waals surface area contributed by atoms with E-state index < -0.39 is 18.4 Å². The molecular formula is C21H31BBrNO4. The number of benzene rings is 1. The summed E-state index contributed by atoms with van der Waals surface area (Å²) in [6.45, 7) is 7.79. The second-order valence-corrected chi connectivity index (χ2v) is 10.0. The molecule has 2 N–H and O–H groups in total. The lowest BCUT2D eigenvalue weighted by Crippen LogP contribution is -2.76.